The summed E-state index contributed by atoms with van der Waals surface area (Å²) in [5.41, 5.74) is 0.605. The van der Waals surface area contributed by atoms with E-state index in [0.29, 0.717) is 28.3 Å². The first-order valence-electron chi connectivity index (χ1n) is 13.9. The van der Waals surface area contributed by atoms with E-state index in [1.165, 1.54) is 40.7 Å². The molecule has 7 nitrogen and oxygen atoms in total. The molecule has 1 saturated heterocycles. The lowest BCUT2D eigenvalue weighted by molar-refractivity contribution is -0.274. The fourth-order valence-corrected chi connectivity index (χ4v) is 6.74. The first kappa shape index (κ1) is 33.2. The lowest BCUT2D eigenvalue weighted by atomic mass is 9.77. The largest absolute Gasteiger partial charge is 0.573 e. The molecule has 0 aliphatic carbocycles. The van der Waals surface area contributed by atoms with Gasteiger partial charge in [0.15, 0.2) is 0 Å². The highest BCUT2D eigenvalue weighted by molar-refractivity contribution is 7.87. The Morgan fingerprint density at radius 1 is 0.909 bits per heavy atom. The highest BCUT2D eigenvalue weighted by atomic mass is 32.2. The molecule has 1 atom stereocenters. The zero-order chi connectivity index (χ0) is 32.3. The van der Waals surface area contributed by atoms with Crippen LogP contribution < -0.4 is 4.74 Å². The van der Waals surface area contributed by atoms with Crippen LogP contribution in [0.1, 0.15) is 56.2 Å². The van der Waals surface area contributed by atoms with E-state index in [-0.39, 0.29) is 24.6 Å². The zero-order valence-corrected chi connectivity index (χ0v) is 25.2. The van der Waals surface area contributed by atoms with E-state index in [4.69, 9.17) is 4.74 Å². The fraction of sp³-hybridized carbons (Fsp3) is 0.387. The van der Waals surface area contributed by atoms with Crippen LogP contribution in [0.25, 0.3) is 0 Å². The van der Waals surface area contributed by atoms with Crippen molar-refractivity contribution < 1.29 is 44.6 Å². The number of ether oxygens (including phenoxy) is 2. The quantitative estimate of drug-likeness (QED) is 0.240. The van der Waals surface area contributed by atoms with Gasteiger partial charge in [-0.1, -0.05) is 36.4 Å². The molecule has 1 heterocycles. The van der Waals surface area contributed by atoms with Gasteiger partial charge in [0.1, 0.15) is 23.0 Å². The molecule has 1 aliphatic heterocycles. The molecule has 13 heteroatoms. The van der Waals surface area contributed by atoms with Crippen molar-refractivity contribution in [3.63, 3.8) is 0 Å². The monoisotopic (exact) mass is 640 g/mol. The number of carbonyl (C=O) groups is 1. The molecule has 0 aromatic heterocycles. The second kappa shape index (κ2) is 13.1. The Morgan fingerprint density at radius 2 is 1.43 bits per heavy atom. The number of halogens is 5. The summed E-state index contributed by atoms with van der Waals surface area (Å²) in [5, 5.41) is 0. The van der Waals surface area contributed by atoms with Crippen LogP contribution in [-0.4, -0.2) is 48.2 Å². The summed E-state index contributed by atoms with van der Waals surface area (Å²) in [7, 11) is -4.52. The highest BCUT2D eigenvalue weighted by Crippen LogP contribution is 2.38. The number of hydrogen-bond acceptors (Lipinski definition) is 5. The summed E-state index contributed by atoms with van der Waals surface area (Å²) in [4.78, 5) is 13.3. The number of nitrogens with zero attached hydrogens (tertiary/aromatic N) is 2. The Labute approximate surface area is 253 Å². The Balaban J connectivity index is 1.65. The van der Waals surface area contributed by atoms with Gasteiger partial charge in [-0.25, -0.2) is 13.6 Å². The molecule has 0 N–H and O–H groups in total. The predicted octanol–water partition coefficient (Wildman–Crippen LogP) is 7.39. The van der Waals surface area contributed by atoms with E-state index in [9.17, 15) is 35.2 Å². The van der Waals surface area contributed by atoms with E-state index >= 15 is 0 Å². The summed E-state index contributed by atoms with van der Waals surface area (Å²) >= 11 is 0. The average molecular weight is 641 g/mol. The maximum Gasteiger partial charge on any atom is 0.573 e. The number of carbonyl (C=O) groups excluding carboxylic acids is 1. The number of piperidine rings is 1. The molecule has 1 fully saturated rings. The van der Waals surface area contributed by atoms with Crippen LogP contribution >= 0.6 is 0 Å². The smallest absolute Gasteiger partial charge is 0.443 e. The topological polar surface area (TPSA) is 76.1 Å². The number of benzene rings is 3. The van der Waals surface area contributed by atoms with Gasteiger partial charge in [0.2, 0.25) is 0 Å². The standard InChI is InChI=1S/C31H33F5N2O5S/c1-30(2,3)43-29(39)38(19-21-6-16-27(17-7-21)42-31(34,35)36)44(40,41)37-18-4-5-24(20-37)28(22-8-12-25(32)13-9-22)23-10-14-26(33)15-11-23/h6-17,24,28H,4-5,18-20H2,1-3H3. The van der Waals surface area contributed by atoms with Crippen LogP contribution in [0.4, 0.5) is 26.7 Å². The zero-order valence-electron chi connectivity index (χ0n) is 24.4. The lowest BCUT2D eigenvalue weighted by Crippen LogP contribution is -2.51. The van der Waals surface area contributed by atoms with Crippen LogP contribution in [0.5, 0.6) is 5.75 Å². The van der Waals surface area contributed by atoms with Crippen molar-refractivity contribution in [2.24, 2.45) is 5.92 Å². The third-order valence-corrected chi connectivity index (χ3v) is 8.85. The Bertz CT molecular complexity index is 1480. The van der Waals surface area contributed by atoms with Crippen molar-refractivity contribution in [2.75, 3.05) is 13.1 Å². The molecular formula is C31H33F5N2O5S. The van der Waals surface area contributed by atoms with Crippen molar-refractivity contribution in [3.8, 4) is 5.75 Å². The normalized spacial score (nSPS) is 16.5. The van der Waals surface area contributed by atoms with Crippen molar-refractivity contribution >= 4 is 16.3 Å². The molecule has 1 amide bonds. The lowest BCUT2D eigenvalue weighted by Gasteiger charge is -2.39. The number of hydrogen-bond donors (Lipinski definition) is 0. The van der Waals surface area contributed by atoms with Gasteiger partial charge in [-0.15, -0.1) is 13.2 Å². The van der Waals surface area contributed by atoms with Crippen molar-refractivity contribution in [3.05, 3.63) is 101 Å². The second-order valence-corrected chi connectivity index (χ2v) is 13.4. The van der Waals surface area contributed by atoms with Gasteiger partial charge < -0.3 is 9.47 Å². The van der Waals surface area contributed by atoms with E-state index in [0.717, 1.165) is 12.1 Å². The van der Waals surface area contributed by atoms with Crippen LogP contribution in [0.15, 0.2) is 72.8 Å². The molecule has 3 aromatic carbocycles. The third kappa shape index (κ3) is 8.69. The van der Waals surface area contributed by atoms with Gasteiger partial charge in [0, 0.05) is 19.0 Å². The minimum absolute atomic E-state index is 0.0145. The molecule has 3 aromatic rings. The summed E-state index contributed by atoms with van der Waals surface area (Å²) in [6.07, 6.45) is -5.02. The average Bonchev–Trinajstić information content (AvgIpc) is 2.93. The summed E-state index contributed by atoms with van der Waals surface area (Å²) in [6.45, 7) is 4.29. The van der Waals surface area contributed by atoms with E-state index in [2.05, 4.69) is 4.74 Å². The molecule has 44 heavy (non-hydrogen) atoms. The molecular weight excluding hydrogens is 607 g/mol. The van der Waals surface area contributed by atoms with E-state index < -0.39 is 58.1 Å². The molecule has 0 saturated carbocycles. The van der Waals surface area contributed by atoms with Crippen LogP contribution in [-0.2, 0) is 21.5 Å². The number of rotatable bonds is 8. The highest BCUT2D eigenvalue weighted by Gasteiger charge is 2.41. The van der Waals surface area contributed by atoms with Crippen LogP contribution in [0.3, 0.4) is 0 Å². The third-order valence-electron chi connectivity index (χ3n) is 7.04. The number of alkyl halides is 3. The molecule has 1 unspecified atom stereocenters. The Morgan fingerprint density at radius 3 is 1.91 bits per heavy atom. The SMILES string of the molecule is CC(C)(C)OC(=O)N(Cc1ccc(OC(F)(F)F)cc1)S(=O)(=O)N1CCCC(C(c2ccc(F)cc2)c2ccc(F)cc2)C1. The first-order chi connectivity index (χ1) is 20.5. The molecule has 0 bridgehead atoms. The molecule has 0 spiro atoms. The van der Waals surface area contributed by atoms with Gasteiger partial charge in [-0.2, -0.15) is 17.0 Å². The predicted molar refractivity (Wildman–Crippen MR) is 153 cm³/mol. The van der Waals surface area contributed by atoms with Crippen LogP contribution in [0.2, 0.25) is 0 Å². The van der Waals surface area contributed by atoms with Gasteiger partial charge in [-0.05, 0) is 92.6 Å². The molecule has 1 aliphatic rings. The molecule has 238 valence electrons. The molecule has 4 rings (SSSR count). The van der Waals surface area contributed by atoms with Crippen molar-refractivity contribution in [2.45, 2.75) is 58.0 Å². The first-order valence-corrected chi connectivity index (χ1v) is 15.3. The second-order valence-electron chi connectivity index (χ2n) is 11.5. The maximum absolute atomic E-state index is 14.1. The fourth-order valence-electron chi connectivity index (χ4n) is 5.19. The summed E-state index contributed by atoms with van der Waals surface area (Å²) in [6, 6.07) is 16.1. The van der Waals surface area contributed by atoms with Gasteiger partial charge in [0.05, 0.1) is 6.54 Å². The van der Waals surface area contributed by atoms with Crippen molar-refractivity contribution in [1.29, 1.82) is 0 Å². The summed E-state index contributed by atoms with van der Waals surface area (Å²) < 4.78 is 105. The van der Waals surface area contributed by atoms with E-state index in [1.807, 2.05) is 0 Å². The maximum atomic E-state index is 14.1. The molecule has 0 radical (unpaired) electrons. The minimum Gasteiger partial charge on any atom is -0.443 e. The minimum atomic E-state index is -4.90. The van der Waals surface area contributed by atoms with Gasteiger partial charge in [0.25, 0.3) is 0 Å². The Hall–Kier alpha value is -3.71. The van der Waals surface area contributed by atoms with Crippen LogP contribution in [0, 0.1) is 17.6 Å². The summed E-state index contributed by atoms with van der Waals surface area (Å²) in [5.74, 6) is -2.12. The van der Waals surface area contributed by atoms with Gasteiger partial charge >= 0.3 is 22.7 Å². The van der Waals surface area contributed by atoms with Gasteiger partial charge in [-0.3, -0.25) is 0 Å². The number of amides is 1. The van der Waals surface area contributed by atoms with Crippen molar-refractivity contribution in [1.82, 2.24) is 8.61 Å². The van der Waals surface area contributed by atoms with E-state index in [1.54, 1.807) is 45.0 Å². The Kier molecular flexibility index (Phi) is 9.89.